The summed E-state index contributed by atoms with van der Waals surface area (Å²) in [4.78, 5) is 30.3. The third-order valence-electron chi connectivity index (χ3n) is 8.45. The van der Waals surface area contributed by atoms with Crippen LogP contribution in [-0.2, 0) is 29.5 Å². The Hall–Kier alpha value is -4.11. The summed E-state index contributed by atoms with van der Waals surface area (Å²) >= 11 is 1.88. The fraction of sp³-hybridized carbons (Fsp3) is 0.364. The number of rotatable bonds is 13. The average Bonchev–Trinajstić information content (AvgIpc) is 3.56. The molecule has 6 rings (SSSR count). The van der Waals surface area contributed by atoms with Gasteiger partial charge in [0.2, 0.25) is 11.8 Å². The SMILES string of the molecule is COc1nc(N)nc2c1nc(I)n2C1O[C@H](COP(=O)(NC(C(=O)OC(F)(F)c2ccccc2)C(C)C)Oc2cccc3ncccc23)[C@@H](O)[C@@]1(C)O. The summed E-state index contributed by atoms with van der Waals surface area (Å²) in [5.41, 5.74) is 4.09. The number of aliphatic hydroxyl groups is 2. The van der Waals surface area contributed by atoms with Gasteiger partial charge in [0, 0.05) is 34.2 Å². The molecule has 0 aliphatic carbocycles. The van der Waals surface area contributed by atoms with Gasteiger partial charge in [-0.2, -0.15) is 23.8 Å². The number of nitrogen functional groups attached to an aromatic ring is 1. The Kier molecular flexibility index (Phi) is 10.9. The largest absolute Gasteiger partial charge is 0.479 e. The highest BCUT2D eigenvalue weighted by Gasteiger charge is 2.55. The molecule has 1 aliphatic heterocycles. The highest BCUT2D eigenvalue weighted by molar-refractivity contribution is 14.1. The lowest BCUT2D eigenvalue weighted by Gasteiger charge is -2.29. The number of fused-ring (bicyclic) bond motifs is 2. The van der Waals surface area contributed by atoms with E-state index in [1.165, 1.54) is 56.7 Å². The molecule has 5 N–H and O–H groups in total. The molecule has 282 valence electrons. The molecule has 1 aliphatic rings. The number of carbonyl (C=O) groups excluding carboxylic acids is 1. The van der Waals surface area contributed by atoms with Crippen LogP contribution in [0.4, 0.5) is 14.7 Å². The van der Waals surface area contributed by atoms with E-state index in [0.29, 0.717) is 10.9 Å². The molecule has 20 heteroatoms. The quantitative estimate of drug-likeness (QED) is 0.0547. The Labute approximate surface area is 314 Å². The van der Waals surface area contributed by atoms with Crippen LogP contribution in [0.2, 0.25) is 0 Å². The number of halogens is 3. The minimum absolute atomic E-state index is 0.0142. The van der Waals surface area contributed by atoms with Crippen molar-refractivity contribution in [1.82, 2.24) is 29.6 Å². The van der Waals surface area contributed by atoms with Crippen LogP contribution in [0.25, 0.3) is 22.1 Å². The number of hydrogen-bond donors (Lipinski definition) is 4. The predicted molar refractivity (Wildman–Crippen MR) is 194 cm³/mol. The van der Waals surface area contributed by atoms with E-state index >= 15 is 8.78 Å². The number of benzene rings is 2. The summed E-state index contributed by atoms with van der Waals surface area (Å²) in [7, 11) is -3.41. The molecule has 6 atom stereocenters. The van der Waals surface area contributed by atoms with Crippen LogP contribution in [0, 0.1) is 9.75 Å². The standard InChI is InChI=1S/C33H35F2IN7O9P/c1-17(2)23(28(45)51-33(34,35)18-10-6-5-7-11-18)42-53(47,52-21-14-8-13-20-19(21)12-9-15-38-20)49-16-22-25(44)32(3,46)29(50-22)43-26-24(39-30(43)36)27(48-4)41-31(37)40-26/h5-15,17,22-23,25,29,44,46H,16H2,1-4H3,(H,42,47)(H2,37,40,41)/t22-,23?,25-,29?,32-,53?/m1/s1. The average molecular weight is 870 g/mol. The van der Waals surface area contributed by atoms with E-state index in [0.717, 1.165) is 12.1 Å². The molecule has 5 aromatic rings. The number of alkyl halides is 2. The molecule has 53 heavy (non-hydrogen) atoms. The number of imidazole rings is 1. The number of anilines is 1. The lowest BCUT2D eigenvalue weighted by molar-refractivity contribution is -0.242. The molecule has 0 amide bonds. The fourth-order valence-electron chi connectivity index (χ4n) is 5.71. The van der Waals surface area contributed by atoms with Gasteiger partial charge < -0.3 is 34.7 Å². The summed E-state index contributed by atoms with van der Waals surface area (Å²) in [6.07, 6.45) is -6.90. The molecule has 0 spiro atoms. The molecular weight excluding hydrogens is 834 g/mol. The first-order valence-electron chi connectivity index (χ1n) is 16.1. The molecule has 3 unspecified atom stereocenters. The third kappa shape index (κ3) is 7.78. The van der Waals surface area contributed by atoms with E-state index in [1.54, 1.807) is 30.5 Å². The Balaban J connectivity index is 1.31. The Bertz CT molecular complexity index is 2170. The molecule has 0 bridgehead atoms. The number of hydrogen-bond acceptors (Lipinski definition) is 14. The number of aromatic nitrogens is 5. The first-order valence-corrected chi connectivity index (χ1v) is 18.7. The summed E-state index contributed by atoms with van der Waals surface area (Å²) in [5.74, 6) is -2.31. The second-order valence-electron chi connectivity index (χ2n) is 12.6. The van der Waals surface area contributed by atoms with E-state index in [9.17, 15) is 19.6 Å². The van der Waals surface area contributed by atoms with Crippen LogP contribution >= 0.6 is 30.3 Å². The zero-order valence-corrected chi connectivity index (χ0v) is 31.6. The van der Waals surface area contributed by atoms with Gasteiger partial charge in [-0.3, -0.25) is 18.9 Å². The van der Waals surface area contributed by atoms with Crippen molar-refractivity contribution in [2.45, 2.75) is 57.0 Å². The second-order valence-corrected chi connectivity index (χ2v) is 15.2. The van der Waals surface area contributed by atoms with Gasteiger partial charge in [-0.05, 0) is 49.2 Å². The number of methoxy groups -OCH3 is 1. The van der Waals surface area contributed by atoms with Gasteiger partial charge in [-0.15, -0.1) is 0 Å². The number of ether oxygens (including phenoxy) is 3. The number of aliphatic hydroxyl groups excluding tert-OH is 1. The second kappa shape index (κ2) is 15.0. The van der Waals surface area contributed by atoms with Crippen molar-refractivity contribution in [3.63, 3.8) is 0 Å². The maximum atomic E-state index is 15.1. The van der Waals surface area contributed by atoms with Gasteiger partial charge >= 0.3 is 19.8 Å². The maximum absolute atomic E-state index is 15.1. The normalized spacial score (nSPS) is 22.2. The number of nitrogens with zero attached hydrogens (tertiary/aromatic N) is 5. The van der Waals surface area contributed by atoms with Crippen LogP contribution in [0.15, 0.2) is 66.9 Å². The Morgan fingerprint density at radius 1 is 1.15 bits per heavy atom. The number of nitrogens with one attached hydrogen (secondary N) is 1. The minimum Gasteiger partial charge on any atom is -0.479 e. The van der Waals surface area contributed by atoms with Crippen LogP contribution < -0.4 is 20.1 Å². The van der Waals surface area contributed by atoms with Gasteiger partial charge in [0.15, 0.2) is 21.2 Å². The first kappa shape index (κ1) is 38.6. The van der Waals surface area contributed by atoms with Crippen LogP contribution in [0.5, 0.6) is 11.6 Å². The molecule has 1 fully saturated rings. The molecule has 16 nitrogen and oxygen atoms in total. The third-order valence-corrected chi connectivity index (χ3v) is 10.7. The topological polar surface area (TPSA) is 215 Å². The van der Waals surface area contributed by atoms with Crippen molar-refractivity contribution >= 4 is 64.3 Å². The predicted octanol–water partition coefficient (Wildman–Crippen LogP) is 4.69. The number of esters is 1. The van der Waals surface area contributed by atoms with Gasteiger partial charge in [-0.1, -0.05) is 38.1 Å². The molecular formula is C33H35F2IN7O9P. The van der Waals surface area contributed by atoms with Gasteiger partial charge in [0.1, 0.15) is 29.6 Å². The zero-order valence-electron chi connectivity index (χ0n) is 28.6. The fourth-order valence-corrected chi connectivity index (χ4v) is 8.12. The van der Waals surface area contributed by atoms with Crippen LogP contribution in [0.3, 0.4) is 0 Å². The minimum atomic E-state index is -4.78. The van der Waals surface area contributed by atoms with E-state index < -0.39 is 68.0 Å². The summed E-state index contributed by atoms with van der Waals surface area (Å²) in [5, 5.41) is 25.8. The van der Waals surface area contributed by atoms with Gasteiger partial charge in [0.25, 0.3) is 0 Å². The molecule has 4 heterocycles. The number of carbonyl (C=O) groups is 1. The van der Waals surface area contributed by atoms with Crippen molar-refractivity contribution < 1.29 is 51.6 Å². The van der Waals surface area contributed by atoms with Gasteiger partial charge in [-0.25, -0.2) is 9.55 Å². The molecule has 0 radical (unpaired) electrons. The van der Waals surface area contributed by atoms with E-state index in [2.05, 4.69) is 29.8 Å². The number of nitrogens with two attached hydrogens (primary N) is 1. The van der Waals surface area contributed by atoms with Crippen molar-refractivity contribution in [2.75, 3.05) is 19.5 Å². The Morgan fingerprint density at radius 2 is 1.89 bits per heavy atom. The van der Waals surface area contributed by atoms with Crippen molar-refractivity contribution in [2.24, 2.45) is 5.92 Å². The van der Waals surface area contributed by atoms with Gasteiger partial charge in [0.05, 0.1) is 24.8 Å². The molecule has 1 saturated heterocycles. The summed E-state index contributed by atoms with van der Waals surface area (Å²) in [6, 6.07) is 12.8. The van der Waals surface area contributed by atoms with E-state index in [-0.39, 0.29) is 32.6 Å². The first-order chi connectivity index (χ1) is 25.0. The summed E-state index contributed by atoms with van der Waals surface area (Å²) in [6.45, 7) is 3.63. The van der Waals surface area contributed by atoms with Crippen LogP contribution in [-0.4, -0.2) is 78.3 Å². The van der Waals surface area contributed by atoms with E-state index in [4.69, 9.17) is 24.3 Å². The van der Waals surface area contributed by atoms with Crippen molar-refractivity contribution in [3.8, 4) is 11.6 Å². The molecule has 0 saturated carbocycles. The monoisotopic (exact) mass is 869 g/mol. The lowest BCUT2D eigenvalue weighted by Crippen LogP contribution is -2.45. The highest BCUT2D eigenvalue weighted by atomic mass is 127. The van der Waals surface area contributed by atoms with Crippen LogP contribution in [0.1, 0.15) is 32.6 Å². The van der Waals surface area contributed by atoms with E-state index in [1.807, 2.05) is 22.6 Å². The lowest BCUT2D eigenvalue weighted by atomic mass is 9.96. The Morgan fingerprint density at radius 3 is 2.58 bits per heavy atom. The smallest absolute Gasteiger partial charge is 0.459 e. The number of pyridine rings is 1. The molecule has 3 aromatic heterocycles. The highest BCUT2D eigenvalue weighted by Crippen LogP contribution is 2.49. The summed E-state index contributed by atoms with van der Waals surface area (Å²) < 4.78 is 74.4. The maximum Gasteiger partial charge on any atom is 0.459 e. The van der Waals surface area contributed by atoms with Crippen molar-refractivity contribution in [1.29, 1.82) is 0 Å². The van der Waals surface area contributed by atoms with Crippen molar-refractivity contribution in [3.05, 3.63) is 76.3 Å². The molecule has 2 aromatic carbocycles. The zero-order chi connectivity index (χ0) is 38.3.